The molecule has 3 aliphatic rings. The first-order chi connectivity index (χ1) is 13.7. The summed E-state index contributed by atoms with van der Waals surface area (Å²) in [7, 11) is 0. The molecule has 2 aliphatic carbocycles. The highest BCUT2D eigenvalue weighted by Gasteiger charge is 2.26. The van der Waals surface area contributed by atoms with Crippen LogP contribution in [0.2, 0.25) is 0 Å². The van der Waals surface area contributed by atoms with Gasteiger partial charge in [0.2, 0.25) is 0 Å². The molecule has 4 rings (SSSR count). The Hall–Kier alpha value is -1.79. The Morgan fingerprint density at radius 1 is 1.14 bits per heavy atom. The lowest BCUT2D eigenvalue weighted by Crippen LogP contribution is -2.37. The number of aryl methyl sites for hydroxylation is 2. The number of fused-ring (bicyclic) bond motifs is 2. The first-order valence-electron chi connectivity index (χ1n) is 11.4. The van der Waals surface area contributed by atoms with Crippen molar-refractivity contribution in [2.24, 2.45) is 0 Å². The highest BCUT2D eigenvalue weighted by atomic mass is 15.2. The van der Waals surface area contributed by atoms with E-state index in [1.165, 1.54) is 51.4 Å². The van der Waals surface area contributed by atoms with Gasteiger partial charge in [-0.25, -0.2) is 0 Å². The Morgan fingerprint density at radius 2 is 1.79 bits per heavy atom. The van der Waals surface area contributed by atoms with E-state index in [0.29, 0.717) is 6.04 Å². The molecule has 1 N–H and O–H groups in total. The summed E-state index contributed by atoms with van der Waals surface area (Å²) in [4.78, 5) is 2.20. The zero-order valence-electron chi connectivity index (χ0n) is 17.5. The van der Waals surface area contributed by atoms with Crippen molar-refractivity contribution >= 4 is 0 Å². The fourth-order valence-electron chi connectivity index (χ4n) is 5.56. The van der Waals surface area contributed by atoms with Crippen molar-refractivity contribution in [3.63, 3.8) is 0 Å². The van der Waals surface area contributed by atoms with Crippen LogP contribution < -0.4 is 5.32 Å². The Morgan fingerprint density at radius 3 is 2.43 bits per heavy atom. The summed E-state index contributed by atoms with van der Waals surface area (Å²) >= 11 is 0. The molecular formula is C25H35N3. The van der Waals surface area contributed by atoms with Gasteiger partial charge in [0.25, 0.3) is 0 Å². The van der Waals surface area contributed by atoms with Crippen LogP contribution in [0.5, 0.6) is 0 Å². The van der Waals surface area contributed by atoms with Gasteiger partial charge >= 0.3 is 0 Å². The molecule has 28 heavy (non-hydrogen) atoms. The van der Waals surface area contributed by atoms with Gasteiger partial charge < -0.3 is 10.2 Å². The van der Waals surface area contributed by atoms with E-state index in [2.05, 4.69) is 35.9 Å². The Kier molecular flexibility index (Phi) is 6.07. The first-order valence-corrected chi connectivity index (χ1v) is 11.4. The van der Waals surface area contributed by atoms with Crippen molar-refractivity contribution in [2.45, 2.75) is 89.6 Å². The minimum atomic E-state index is 0.0257. The highest BCUT2D eigenvalue weighted by molar-refractivity contribution is 5.48. The molecule has 1 aliphatic heterocycles. The molecule has 1 heterocycles. The zero-order chi connectivity index (χ0) is 19.5. The third-order valence-electron chi connectivity index (χ3n) is 7.07. The molecule has 1 aromatic rings. The van der Waals surface area contributed by atoms with Gasteiger partial charge in [0.05, 0.1) is 6.07 Å². The normalized spacial score (nSPS) is 22.3. The van der Waals surface area contributed by atoms with Crippen molar-refractivity contribution in [3.05, 3.63) is 46.2 Å². The topological polar surface area (TPSA) is 39.1 Å². The largest absolute Gasteiger partial charge is 0.358 e. The number of likely N-dealkylation sites (tertiary alicyclic amines) is 1. The summed E-state index contributed by atoms with van der Waals surface area (Å²) in [5.41, 5.74) is 9.41. The average Bonchev–Trinajstić information content (AvgIpc) is 3.21. The number of hydrogen-bond acceptors (Lipinski definition) is 3. The van der Waals surface area contributed by atoms with Gasteiger partial charge in [-0.1, -0.05) is 12.6 Å². The van der Waals surface area contributed by atoms with Gasteiger partial charge in [0.1, 0.15) is 6.04 Å². The summed E-state index contributed by atoms with van der Waals surface area (Å²) in [6.45, 7) is 8.35. The molecule has 1 aromatic carbocycles. The second-order valence-electron chi connectivity index (χ2n) is 9.08. The fourth-order valence-corrected chi connectivity index (χ4v) is 5.56. The molecule has 3 nitrogen and oxygen atoms in total. The maximum Gasteiger partial charge on any atom is 0.116 e. The van der Waals surface area contributed by atoms with E-state index in [-0.39, 0.29) is 6.04 Å². The number of hydrogen-bond donors (Lipinski definition) is 1. The number of nitriles is 1. The number of rotatable bonds is 6. The predicted molar refractivity (Wildman–Crippen MR) is 115 cm³/mol. The molecule has 150 valence electrons. The van der Waals surface area contributed by atoms with Crippen LogP contribution in [-0.4, -0.2) is 30.1 Å². The minimum absolute atomic E-state index is 0.0257. The smallest absolute Gasteiger partial charge is 0.116 e. The maximum atomic E-state index is 9.33. The van der Waals surface area contributed by atoms with E-state index in [1.807, 2.05) is 0 Å². The second kappa shape index (κ2) is 8.70. The summed E-state index contributed by atoms with van der Waals surface area (Å²) in [5.74, 6) is 0. The maximum absolute atomic E-state index is 9.33. The summed E-state index contributed by atoms with van der Waals surface area (Å²) < 4.78 is 0. The van der Waals surface area contributed by atoms with Crippen molar-refractivity contribution in [1.29, 1.82) is 5.26 Å². The van der Waals surface area contributed by atoms with Crippen LogP contribution in [0.25, 0.3) is 0 Å². The van der Waals surface area contributed by atoms with Crippen LogP contribution in [-0.2, 0) is 32.1 Å². The summed E-state index contributed by atoms with van der Waals surface area (Å²) in [5, 5.41) is 13.0. The Bertz CT molecular complexity index is 739. The van der Waals surface area contributed by atoms with E-state index in [9.17, 15) is 5.26 Å². The van der Waals surface area contributed by atoms with E-state index in [0.717, 1.165) is 38.0 Å². The lowest BCUT2D eigenvalue weighted by atomic mass is 9.77. The molecule has 1 fully saturated rings. The second-order valence-corrected chi connectivity index (χ2v) is 9.08. The molecule has 2 unspecified atom stereocenters. The molecule has 0 aromatic heterocycles. The quantitative estimate of drug-likeness (QED) is 0.795. The third-order valence-corrected chi connectivity index (χ3v) is 7.07. The van der Waals surface area contributed by atoms with Gasteiger partial charge in [0, 0.05) is 24.8 Å². The van der Waals surface area contributed by atoms with Crippen molar-refractivity contribution in [2.75, 3.05) is 13.1 Å². The van der Waals surface area contributed by atoms with Crippen LogP contribution >= 0.6 is 0 Å². The standard InChI is InChI=1S/C25H35N3/c1-18(27-17-19(2)28-13-7-10-22(28)16-26)14-25-23-11-5-3-8-20(23)15-21-9-4-6-12-24(21)25/h15,18,22,27H,2-14,17H2,1H3. The molecule has 3 heteroatoms. The summed E-state index contributed by atoms with van der Waals surface area (Å²) in [6, 6.07) is 5.44. The number of nitrogens with zero attached hydrogens (tertiary/aromatic N) is 2. The Balaban J connectivity index is 1.45. The lowest BCUT2D eigenvalue weighted by Gasteiger charge is -2.30. The van der Waals surface area contributed by atoms with Gasteiger partial charge in [-0.2, -0.15) is 5.26 Å². The molecule has 0 spiro atoms. The van der Waals surface area contributed by atoms with E-state index >= 15 is 0 Å². The molecular weight excluding hydrogens is 342 g/mol. The lowest BCUT2D eigenvalue weighted by molar-refractivity contribution is 0.355. The first kappa shape index (κ1) is 19.5. The van der Waals surface area contributed by atoms with Gasteiger partial charge in [-0.3, -0.25) is 0 Å². The highest BCUT2D eigenvalue weighted by Crippen LogP contribution is 2.34. The van der Waals surface area contributed by atoms with Crippen LogP contribution in [0.3, 0.4) is 0 Å². The van der Waals surface area contributed by atoms with E-state index in [4.69, 9.17) is 0 Å². The average molecular weight is 378 g/mol. The van der Waals surface area contributed by atoms with Crippen LogP contribution in [0.4, 0.5) is 0 Å². The fraction of sp³-hybridized carbons (Fsp3) is 0.640. The SMILES string of the molecule is C=C(CNC(C)Cc1c2c(cc3c1CCCC3)CCCC2)N1CCCC1C#N. The predicted octanol–water partition coefficient (Wildman–Crippen LogP) is 4.47. The Labute approximate surface area is 170 Å². The number of benzene rings is 1. The van der Waals surface area contributed by atoms with Crippen molar-refractivity contribution in [1.82, 2.24) is 10.2 Å². The molecule has 0 radical (unpaired) electrons. The van der Waals surface area contributed by atoms with Crippen molar-refractivity contribution < 1.29 is 0 Å². The van der Waals surface area contributed by atoms with E-state index in [1.54, 1.807) is 27.8 Å². The van der Waals surface area contributed by atoms with Crippen molar-refractivity contribution in [3.8, 4) is 6.07 Å². The minimum Gasteiger partial charge on any atom is -0.358 e. The molecule has 0 amide bonds. The third kappa shape index (κ3) is 3.98. The van der Waals surface area contributed by atoms with Gasteiger partial charge in [0.15, 0.2) is 0 Å². The van der Waals surface area contributed by atoms with Gasteiger partial charge in [-0.05, 0) is 105 Å². The molecule has 2 atom stereocenters. The van der Waals surface area contributed by atoms with Gasteiger partial charge in [-0.15, -0.1) is 0 Å². The van der Waals surface area contributed by atoms with Crippen LogP contribution in [0.1, 0.15) is 73.3 Å². The molecule has 0 saturated carbocycles. The molecule has 0 bridgehead atoms. The van der Waals surface area contributed by atoms with Crippen LogP contribution in [0, 0.1) is 11.3 Å². The number of nitrogens with one attached hydrogen (secondary N) is 1. The van der Waals surface area contributed by atoms with Crippen LogP contribution in [0.15, 0.2) is 18.3 Å². The molecule has 1 saturated heterocycles. The summed E-state index contributed by atoms with van der Waals surface area (Å²) in [6.07, 6.45) is 13.7. The zero-order valence-corrected chi connectivity index (χ0v) is 17.5. The van der Waals surface area contributed by atoms with E-state index < -0.39 is 0 Å². The monoisotopic (exact) mass is 377 g/mol.